The molecule has 1 unspecified atom stereocenters. The Morgan fingerprint density at radius 1 is 1.47 bits per heavy atom. The van der Waals surface area contributed by atoms with Gasteiger partial charge in [-0.1, -0.05) is 6.42 Å². The molecule has 0 bridgehead atoms. The van der Waals surface area contributed by atoms with Crippen molar-refractivity contribution in [2.24, 2.45) is 5.41 Å². The van der Waals surface area contributed by atoms with Gasteiger partial charge in [0.2, 0.25) is 0 Å². The second-order valence-electron chi connectivity index (χ2n) is 5.34. The predicted molar refractivity (Wildman–Crippen MR) is 77.7 cm³/mol. The van der Waals surface area contributed by atoms with Crippen LogP contribution in [0.5, 0.6) is 0 Å². The Morgan fingerprint density at radius 2 is 2.18 bits per heavy atom. The number of nitrogens with zero attached hydrogens (tertiary/aromatic N) is 1. The molecule has 2 fully saturated rings. The molecule has 0 N–H and O–H groups in total. The van der Waals surface area contributed by atoms with Crippen molar-refractivity contribution in [3.63, 3.8) is 0 Å². The van der Waals surface area contributed by atoms with E-state index in [-0.39, 0.29) is 10.8 Å². The fourth-order valence-electron chi connectivity index (χ4n) is 2.66. The normalized spacial score (nSPS) is 29.9. The van der Waals surface area contributed by atoms with Crippen LogP contribution in [0.4, 0.5) is 0 Å². The van der Waals surface area contributed by atoms with Crippen LogP contribution in [-0.2, 0) is 9.84 Å². The molecule has 1 atom stereocenters. The van der Waals surface area contributed by atoms with E-state index in [1.807, 2.05) is 0 Å². The average Bonchev–Trinajstić information content (AvgIpc) is 2.23. The quantitative estimate of drug-likeness (QED) is 0.798. The van der Waals surface area contributed by atoms with Crippen LogP contribution in [0.2, 0.25) is 0 Å². The molecule has 6 heteroatoms. The van der Waals surface area contributed by atoms with Crippen LogP contribution in [0.25, 0.3) is 0 Å². The van der Waals surface area contributed by atoms with Gasteiger partial charge < -0.3 is 0 Å². The number of thioether (sulfide) groups is 1. The second-order valence-corrected chi connectivity index (χ2v) is 9.01. The van der Waals surface area contributed by atoms with Crippen molar-refractivity contribution in [2.75, 3.05) is 36.6 Å². The van der Waals surface area contributed by atoms with Gasteiger partial charge in [0.15, 0.2) is 9.84 Å². The summed E-state index contributed by atoms with van der Waals surface area (Å²) in [6.07, 6.45) is 5.05. The van der Waals surface area contributed by atoms with Crippen LogP contribution < -0.4 is 0 Å². The van der Waals surface area contributed by atoms with E-state index in [0.717, 1.165) is 30.3 Å². The number of hydrogen-bond donors (Lipinski definition) is 1. The second kappa shape index (κ2) is 5.31. The summed E-state index contributed by atoms with van der Waals surface area (Å²) in [6, 6.07) is 0. The number of rotatable bonds is 4. The predicted octanol–water partition coefficient (Wildman–Crippen LogP) is 1.51. The maximum absolute atomic E-state index is 11.8. The Kier molecular flexibility index (Phi) is 4.38. The molecule has 2 rings (SSSR count). The van der Waals surface area contributed by atoms with E-state index >= 15 is 0 Å². The lowest BCUT2D eigenvalue weighted by Gasteiger charge is -2.47. The molecule has 0 spiro atoms. The van der Waals surface area contributed by atoms with Crippen LogP contribution in [0.3, 0.4) is 0 Å². The fourth-order valence-corrected chi connectivity index (χ4v) is 6.02. The van der Waals surface area contributed by atoms with Crippen molar-refractivity contribution < 1.29 is 8.42 Å². The molecule has 2 aliphatic rings. The summed E-state index contributed by atoms with van der Waals surface area (Å²) >= 11 is 6.21. The molecule has 1 saturated carbocycles. The molecule has 17 heavy (non-hydrogen) atoms. The molecular weight excluding hydrogens is 274 g/mol. The first-order chi connectivity index (χ1) is 7.97. The minimum atomic E-state index is -2.96. The van der Waals surface area contributed by atoms with Crippen LogP contribution in [0.1, 0.15) is 19.3 Å². The van der Waals surface area contributed by atoms with Crippen LogP contribution in [0.15, 0.2) is 0 Å². The third-order valence-corrected chi connectivity index (χ3v) is 7.33. The number of thiol groups is 1. The molecule has 0 aromatic rings. The Labute approximate surface area is 114 Å². The maximum atomic E-state index is 11.8. The number of hydrogen-bond acceptors (Lipinski definition) is 5. The first-order valence-corrected chi connectivity index (χ1v) is 9.83. The van der Waals surface area contributed by atoms with Gasteiger partial charge >= 0.3 is 0 Å². The molecule has 100 valence electrons. The van der Waals surface area contributed by atoms with Gasteiger partial charge in [0.25, 0.3) is 0 Å². The first-order valence-electron chi connectivity index (χ1n) is 6.08. The molecule has 0 aromatic carbocycles. The van der Waals surface area contributed by atoms with E-state index in [1.54, 1.807) is 11.8 Å². The van der Waals surface area contributed by atoms with Gasteiger partial charge in [0, 0.05) is 30.9 Å². The highest BCUT2D eigenvalue weighted by atomic mass is 32.2. The molecular formula is C11H21NO2S3. The molecule has 1 heterocycles. The third-order valence-electron chi connectivity index (χ3n) is 3.97. The Balaban J connectivity index is 2.06. The average molecular weight is 295 g/mol. The van der Waals surface area contributed by atoms with Crippen molar-refractivity contribution >= 4 is 34.2 Å². The zero-order valence-electron chi connectivity index (χ0n) is 10.3. The van der Waals surface area contributed by atoms with Crippen LogP contribution >= 0.6 is 24.4 Å². The van der Waals surface area contributed by atoms with Gasteiger partial charge in [-0.05, 0) is 24.0 Å². The summed E-state index contributed by atoms with van der Waals surface area (Å²) in [5, 5.41) is -0.279. The van der Waals surface area contributed by atoms with Gasteiger partial charge in [0.05, 0.1) is 0 Å². The summed E-state index contributed by atoms with van der Waals surface area (Å²) in [5.41, 5.74) is 0.286. The van der Waals surface area contributed by atoms with Crippen molar-refractivity contribution in [3.8, 4) is 0 Å². The van der Waals surface area contributed by atoms with Crippen molar-refractivity contribution in [2.45, 2.75) is 24.6 Å². The summed E-state index contributed by atoms with van der Waals surface area (Å²) < 4.78 is 23.6. The highest BCUT2D eigenvalue weighted by Crippen LogP contribution is 2.43. The zero-order chi connectivity index (χ0) is 12.5. The fraction of sp³-hybridized carbons (Fsp3) is 1.00. The van der Waals surface area contributed by atoms with Crippen LogP contribution in [-0.4, -0.2) is 55.3 Å². The Bertz CT molecular complexity index is 359. The topological polar surface area (TPSA) is 37.4 Å². The van der Waals surface area contributed by atoms with Crippen LogP contribution in [0, 0.1) is 5.41 Å². The molecule has 0 radical (unpaired) electrons. The van der Waals surface area contributed by atoms with Gasteiger partial charge in [-0.15, -0.1) is 0 Å². The lowest BCUT2D eigenvalue weighted by Crippen LogP contribution is -2.53. The summed E-state index contributed by atoms with van der Waals surface area (Å²) in [7, 11) is -2.96. The van der Waals surface area contributed by atoms with E-state index in [4.69, 9.17) is 0 Å². The minimum absolute atomic E-state index is 0.279. The van der Waals surface area contributed by atoms with Gasteiger partial charge in [-0.3, -0.25) is 4.90 Å². The zero-order valence-corrected chi connectivity index (χ0v) is 12.8. The monoisotopic (exact) mass is 295 g/mol. The number of sulfone groups is 1. The molecule has 3 nitrogen and oxygen atoms in total. The summed E-state index contributed by atoms with van der Waals surface area (Å²) in [4.78, 5) is 2.18. The lowest BCUT2D eigenvalue weighted by molar-refractivity contribution is 0.0882. The van der Waals surface area contributed by atoms with E-state index in [9.17, 15) is 8.42 Å². The SMILES string of the molecule is CS(=O)(=O)C1CSCCN1CC1(CS)CCC1. The molecule has 1 saturated heterocycles. The van der Waals surface area contributed by atoms with E-state index in [0.29, 0.717) is 0 Å². The van der Waals surface area contributed by atoms with Crippen molar-refractivity contribution in [3.05, 3.63) is 0 Å². The standard InChI is InChI=1S/C11H21NO2S3/c1-17(13,14)10-7-16-6-5-12(10)8-11(9-15)3-2-4-11/h10,15H,2-9H2,1H3. The molecule has 0 aromatic heterocycles. The summed E-state index contributed by atoms with van der Waals surface area (Å²) in [6.45, 7) is 1.81. The lowest BCUT2D eigenvalue weighted by atomic mass is 9.70. The first kappa shape index (κ1) is 14.0. The summed E-state index contributed by atoms with van der Waals surface area (Å²) in [5.74, 6) is 2.66. The molecule has 1 aliphatic heterocycles. The molecule has 1 aliphatic carbocycles. The largest absolute Gasteiger partial charge is 0.285 e. The minimum Gasteiger partial charge on any atom is -0.285 e. The smallest absolute Gasteiger partial charge is 0.164 e. The van der Waals surface area contributed by atoms with Crippen molar-refractivity contribution in [1.82, 2.24) is 4.90 Å². The molecule has 0 amide bonds. The highest BCUT2D eigenvalue weighted by Gasteiger charge is 2.41. The van der Waals surface area contributed by atoms with Gasteiger partial charge in [0.1, 0.15) is 5.37 Å². The van der Waals surface area contributed by atoms with E-state index in [1.165, 1.54) is 25.5 Å². The Hall–Kier alpha value is 0.610. The third kappa shape index (κ3) is 3.14. The van der Waals surface area contributed by atoms with Gasteiger partial charge in [-0.2, -0.15) is 24.4 Å². The highest BCUT2D eigenvalue weighted by molar-refractivity contribution is 8.00. The van der Waals surface area contributed by atoms with Gasteiger partial charge in [-0.25, -0.2) is 8.42 Å². The van der Waals surface area contributed by atoms with Crippen molar-refractivity contribution in [1.29, 1.82) is 0 Å². The van der Waals surface area contributed by atoms with E-state index in [2.05, 4.69) is 17.5 Å². The Morgan fingerprint density at radius 3 is 2.65 bits per heavy atom. The maximum Gasteiger partial charge on any atom is 0.164 e. The van der Waals surface area contributed by atoms with E-state index < -0.39 is 9.84 Å².